The van der Waals surface area contributed by atoms with Crippen LogP contribution in [0, 0.1) is 10.1 Å². The zero-order chi connectivity index (χ0) is 19.7. The van der Waals surface area contributed by atoms with Gasteiger partial charge in [0.05, 0.1) is 23.2 Å². The molecule has 27 heavy (non-hydrogen) atoms. The molecule has 8 heteroatoms. The highest BCUT2D eigenvalue weighted by molar-refractivity contribution is 6.32. The second kappa shape index (κ2) is 7.52. The van der Waals surface area contributed by atoms with Gasteiger partial charge in [-0.05, 0) is 31.9 Å². The molecule has 3 rings (SSSR count). The highest BCUT2D eigenvalue weighted by Gasteiger charge is 2.41. The van der Waals surface area contributed by atoms with Crippen LogP contribution >= 0.6 is 11.6 Å². The summed E-state index contributed by atoms with van der Waals surface area (Å²) in [6, 6.07) is 4.01. The average molecular weight is 391 g/mol. The minimum Gasteiger partial charge on any atom is -0.465 e. The summed E-state index contributed by atoms with van der Waals surface area (Å²) in [7, 11) is 1.25. The third kappa shape index (κ3) is 3.47. The zero-order valence-electron chi connectivity index (χ0n) is 15.0. The molecule has 1 saturated carbocycles. The highest BCUT2D eigenvalue weighted by Crippen LogP contribution is 2.38. The molecule has 142 valence electrons. The summed E-state index contributed by atoms with van der Waals surface area (Å²) in [4.78, 5) is 37.6. The smallest absolute Gasteiger partial charge is 0.340 e. The maximum Gasteiger partial charge on any atom is 0.340 e. The molecule has 1 amide bonds. The Labute approximate surface area is 161 Å². The van der Waals surface area contributed by atoms with Crippen LogP contribution in [0.25, 0.3) is 6.08 Å². The van der Waals surface area contributed by atoms with Crippen LogP contribution in [-0.2, 0) is 14.3 Å². The molecule has 1 aliphatic heterocycles. The molecule has 1 aromatic rings. The number of ether oxygens (including phenoxy) is 1. The zero-order valence-corrected chi connectivity index (χ0v) is 15.8. The molecular weight excluding hydrogens is 372 g/mol. The minimum atomic E-state index is -0.617. The first-order chi connectivity index (χ1) is 12.8. The Morgan fingerprint density at radius 2 is 2.04 bits per heavy atom. The maximum absolute atomic E-state index is 13.1. The van der Waals surface area contributed by atoms with Crippen LogP contribution in [0.5, 0.6) is 0 Å². The molecule has 0 aromatic heterocycles. The standard InChI is InChI=1S/C19H19ClN2O5/c1-11-17(19(24)27-2)15(18(23)21(11)13-5-3-4-6-13)10-12-9-14(22(25)26)7-8-16(12)20/h7-10,13H,3-6H2,1-2H3. The second-order valence-electron chi connectivity index (χ2n) is 6.59. The number of hydrogen-bond donors (Lipinski definition) is 0. The van der Waals surface area contributed by atoms with Crippen LogP contribution in [0.3, 0.4) is 0 Å². The molecule has 0 saturated heterocycles. The Morgan fingerprint density at radius 1 is 1.37 bits per heavy atom. The normalized spacial score (nSPS) is 19.3. The van der Waals surface area contributed by atoms with E-state index in [1.165, 1.54) is 31.4 Å². The largest absolute Gasteiger partial charge is 0.465 e. The number of hydrogen-bond acceptors (Lipinski definition) is 5. The number of nitro groups is 1. The van der Waals surface area contributed by atoms with E-state index in [1.54, 1.807) is 11.8 Å². The van der Waals surface area contributed by atoms with E-state index in [2.05, 4.69) is 0 Å². The van der Waals surface area contributed by atoms with E-state index in [4.69, 9.17) is 16.3 Å². The van der Waals surface area contributed by atoms with E-state index in [-0.39, 0.29) is 33.8 Å². The molecular formula is C19H19ClN2O5. The molecule has 1 fully saturated rings. The molecule has 1 aromatic carbocycles. The van der Waals surface area contributed by atoms with Crippen molar-refractivity contribution in [3.8, 4) is 0 Å². The van der Waals surface area contributed by atoms with E-state index in [1.807, 2.05) is 0 Å². The van der Waals surface area contributed by atoms with E-state index in [9.17, 15) is 19.7 Å². The van der Waals surface area contributed by atoms with E-state index < -0.39 is 10.9 Å². The summed E-state index contributed by atoms with van der Waals surface area (Å²) in [6.07, 6.45) is 5.25. The summed E-state index contributed by atoms with van der Waals surface area (Å²) in [5.41, 5.74) is 1.03. The number of benzene rings is 1. The Balaban J connectivity index is 2.11. The Morgan fingerprint density at radius 3 is 2.63 bits per heavy atom. The van der Waals surface area contributed by atoms with Crippen LogP contribution in [0.1, 0.15) is 38.2 Å². The van der Waals surface area contributed by atoms with Crippen molar-refractivity contribution in [3.05, 3.63) is 55.7 Å². The number of allylic oxidation sites excluding steroid dienone is 1. The fraction of sp³-hybridized carbons (Fsp3) is 0.368. The minimum absolute atomic E-state index is 0.0450. The molecule has 0 N–H and O–H groups in total. The first-order valence-corrected chi connectivity index (χ1v) is 9.01. The molecule has 0 atom stereocenters. The van der Waals surface area contributed by atoms with Crippen molar-refractivity contribution in [1.29, 1.82) is 0 Å². The summed E-state index contributed by atoms with van der Waals surface area (Å²) in [5.74, 6) is -0.920. The lowest BCUT2D eigenvalue weighted by Gasteiger charge is -2.25. The Bertz CT molecular complexity index is 884. The molecule has 0 spiro atoms. The fourth-order valence-corrected chi connectivity index (χ4v) is 3.88. The third-order valence-corrected chi connectivity index (χ3v) is 5.36. The van der Waals surface area contributed by atoms with Gasteiger partial charge in [0.2, 0.25) is 0 Å². The molecule has 7 nitrogen and oxygen atoms in total. The van der Waals surface area contributed by atoms with Gasteiger partial charge in [0, 0.05) is 34.5 Å². The SMILES string of the molecule is COC(=O)C1=C(C)N(C2CCCC2)C(=O)C1=Cc1cc([N+](=O)[O-])ccc1Cl. The van der Waals surface area contributed by atoms with Gasteiger partial charge in [-0.15, -0.1) is 0 Å². The van der Waals surface area contributed by atoms with E-state index >= 15 is 0 Å². The monoisotopic (exact) mass is 390 g/mol. The van der Waals surface area contributed by atoms with Gasteiger partial charge in [0.15, 0.2) is 0 Å². The lowest BCUT2D eigenvalue weighted by molar-refractivity contribution is -0.384. The average Bonchev–Trinajstić information content (AvgIpc) is 3.23. The maximum atomic E-state index is 13.1. The van der Waals surface area contributed by atoms with Crippen molar-refractivity contribution in [2.45, 2.75) is 38.6 Å². The lowest BCUT2D eigenvalue weighted by atomic mass is 10.0. The van der Waals surface area contributed by atoms with Gasteiger partial charge in [0.1, 0.15) is 0 Å². The van der Waals surface area contributed by atoms with Crippen LogP contribution in [0.2, 0.25) is 5.02 Å². The molecule has 0 radical (unpaired) electrons. The molecule has 1 aliphatic carbocycles. The molecule has 0 bridgehead atoms. The number of rotatable bonds is 4. The predicted octanol–water partition coefficient (Wildman–Crippen LogP) is 3.86. The number of nitro benzene ring substituents is 1. The summed E-state index contributed by atoms with van der Waals surface area (Å²) >= 11 is 6.16. The van der Waals surface area contributed by atoms with Gasteiger partial charge in [-0.3, -0.25) is 14.9 Å². The number of halogens is 1. The first kappa shape index (κ1) is 19.1. The fourth-order valence-electron chi connectivity index (χ4n) is 3.71. The van der Waals surface area contributed by atoms with E-state index in [0.29, 0.717) is 11.3 Å². The van der Waals surface area contributed by atoms with Gasteiger partial charge in [0.25, 0.3) is 11.6 Å². The Kier molecular flexibility index (Phi) is 5.32. The third-order valence-electron chi connectivity index (χ3n) is 5.01. The van der Waals surface area contributed by atoms with Gasteiger partial charge >= 0.3 is 5.97 Å². The van der Waals surface area contributed by atoms with Crippen molar-refractivity contribution in [3.63, 3.8) is 0 Å². The summed E-state index contributed by atoms with van der Waals surface area (Å²) in [5, 5.41) is 11.3. The lowest BCUT2D eigenvalue weighted by Crippen LogP contribution is -2.34. The first-order valence-electron chi connectivity index (χ1n) is 8.64. The Hall–Kier alpha value is -2.67. The van der Waals surface area contributed by atoms with Crippen molar-refractivity contribution in [2.24, 2.45) is 0 Å². The van der Waals surface area contributed by atoms with Gasteiger partial charge in [-0.2, -0.15) is 0 Å². The number of methoxy groups -OCH3 is 1. The van der Waals surface area contributed by atoms with Crippen molar-refractivity contribution in [1.82, 2.24) is 4.90 Å². The molecule has 2 aliphatic rings. The number of carbonyl (C=O) groups excluding carboxylic acids is 2. The van der Waals surface area contributed by atoms with E-state index in [0.717, 1.165) is 25.7 Å². The number of non-ortho nitro benzene ring substituents is 1. The van der Waals surface area contributed by atoms with Crippen LogP contribution in [0.15, 0.2) is 35.0 Å². The number of carbonyl (C=O) groups is 2. The van der Waals surface area contributed by atoms with Crippen molar-refractivity contribution < 1.29 is 19.2 Å². The predicted molar refractivity (Wildman–Crippen MR) is 99.9 cm³/mol. The number of nitrogens with zero attached hydrogens (tertiary/aromatic N) is 2. The number of amides is 1. The second-order valence-corrected chi connectivity index (χ2v) is 6.99. The number of esters is 1. The van der Waals surface area contributed by atoms with Crippen molar-refractivity contribution in [2.75, 3.05) is 7.11 Å². The summed E-state index contributed by atoms with van der Waals surface area (Å²) in [6.45, 7) is 1.72. The van der Waals surface area contributed by atoms with Crippen molar-refractivity contribution >= 4 is 35.2 Å². The van der Waals surface area contributed by atoms with Crippen LogP contribution < -0.4 is 0 Å². The highest BCUT2D eigenvalue weighted by atomic mass is 35.5. The van der Waals surface area contributed by atoms with Gasteiger partial charge in [-0.25, -0.2) is 4.79 Å². The molecule has 1 heterocycles. The molecule has 0 unspecified atom stereocenters. The topological polar surface area (TPSA) is 89.8 Å². The van der Waals surface area contributed by atoms with Crippen LogP contribution in [-0.4, -0.2) is 34.9 Å². The van der Waals surface area contributed by atoms with Crippen LogP contribution in [0.4, 0.5) is 5.69 Å². The summed E-state index contributed by atoms with van der Waals surface area (Å²) < 4.78 is 4.87. The van der Waals surface area contributed by atoms with Gasteiger partial charge < -0.3 is 9.64 Å². The quantitative estimate of drug-likeness (QED) is 0.337. The van der Waals surface area contributed by atoms with Gasteiger partial charge in [-0.1, -0.05) is 24.4 Å².